The van der Waals surface area contributed by atoms with Gasteiger partial charge in [0.15, 0.2) is 0 Å². The van der Waals surface area contributed by atoms with Crippen LogP contribution in [0.15, 0.2) is 48.0 Å². The largest absolute Gasteiger partial charge is 0.333 e. The first-order chi connectivity index (χ1) is 20.6. The summed E-state index contributed by atoms with van der Waals surface area (Å²) in [4.78, 5) is 57.2. The number of nitrogens with zero attached hydrogens (tertiary/aromatic N) is 3. The van der Waals surface area contributed by atoms with Gasteiger partial charge in [0.1, 0.15) is 6.04 Å². The van der Waals surface area contributed by atoms with Crippen LogP contribution in [0.1, 0.15) is 79.4 Å². The number of hydrogen-bond acceptors (Lipinski definition) is 5. The molecule has 0 radical (unpaired) electrons. The van der Waals surface area contributed by atoms with Crippen molar-refractivity contribution in [2.45, 2.75) is 83.6 Å². The second-order valence-electron chi connectivity index (χ2n) is 13.6. The molecule has 3 saturated heterocycles. The number of fused-ring (bicyclic) bond motifs is 3. The van der Waals surface area contributed by atoms with Crippen LogP contribution in [-0.2, 0) is 27.5 Å². The number of carbonyl (C=O) groups excluding carboxylic acids is 4. The van der Waals surface area contributed by atoms with Crippen LogP contribution in [0.3, 0.4) is 0 Å². The van der Waals surface area contributed by atoms with E-state index in [1.807, 2.05) is 36.4 Å². The highest BCUT2D eigenvalue weighted by Crippen LogP contribution is 2.45. The normalized spacial score (nSPS) is 26.8. The number of allylic oxidation sites excluding steroid dienone is 1. The van der Waals surface area contributed by atoms with Gasteiger partial charge < -0.3 is 9.80 Å². The maximum atomic E-state index is 14.0. The molecule has 3 atom stereocenters. The van der Waals surface area contributed by atoms with Crippen molar-refractivity contribution < 1.29 is 19.2 Å². The van der Waals surface area contributed by atoms with Crippen LogP contribution < -0.4 is 5.32 Å². The Kier molecular flexibility index (Phi) is 6.97. The molecule has 224 valence electrons. The second kappa shape index (κ2) is 10.6. The summed E-state index contributed by atoms with van der Waals surface area (Å²) >= 11 is 6.17. The number of amides is 4. The fourth-order valence-electron chi connectivity index (χ4n) is 7.78. The van der Waals surface area contributed by atoms with Crippen LogP contribution in [0.2, 0.25) is 5.02 Å². The first kappa shape index (κ1) is 28.3. The average molecular weight is 601 g/mol. The first-order valence-electron chi connectivity index (χ1n) is 15.4. The number of nitrogens with one attached hydrogen (secondary N) is 1. The minimum Gasteiger partial charge on any atom is -0.333 e. The summed E-state index contributed by atoms with van der Waals surface area (Å²) < 4.78 is 0. The number of rotatable bonds is 5. The molecule has 0 saturated carbocycles. The standard InChI is InChI=1S/C34H37ClN4O4/c1-34(2)12-11-27(28(15-34)21-4-6-23(35)7-5-21)33(43)38-19-24-14-25(38)18-37(24)16-20-3-8-26-22(13-20)17-39(32(26)42)29-9-10-30(40)36-31(29)41/h3-8,13,24-25,29H,9-12,14-19H2,1-2H3,(H,36,40,41)/t24-,25-,29?/m0/s1. The Hall–Kier alpha value is -3.49. The fourth-order valence-corrected chi connectivity index (χ4v) is 7.90. The van der Waals surface area contributed by atoms with E-state index in [1.54, 1.807) is 4.90 Å². The molecule has 9 heteroatoms. The average Bonchev–Trinajstić information content (AvgIpc) is 3.65. The number of hydrogen-bond donors (Lipinski definition) is 1. The Labute approximate surface area is 257 Å². The van der Waals surface area contributed by atoms with Gasteiger partial charge in [-0.25, -0.2) is 0 Å². The van der Waals surface area contributed by atoms with Gasteiger partial charge in [-0.05, 0) is 78.0 Å². The molecule has 1 aliphatic carbocycles. The van der Waals surface area contributed by atoms with Crippen molar-refractivity contribution in [2.24, 2.45) is 5.41 Å². The molecule has 4 heterocycles. The van der Waals surface area contributed by atoms with Gasteiger partial charge in [-0.15, -0.1) is 0 Å². The maximum Gasteiger partial charge on any atom is 0.255 e. The number of imide groups is 1. The van der Waals surface area contributed by atoms with Crippen molar-refractivity contribution in [3.05, 3.63) is 75.3 Å². The van der Waals surface area contributed by atoms with Gasteiger partial charge in [-0.3, -0.25) is 29.4 Å². The minimum absolute atomic E-state index is 0.149. The number of likely N-dealkylation sites (tertiary alicyclic amines) is 2. The predicted octanol–water partition coefficient (Wildman–Crippen LogP) is 4.55. The topological polar surface area (TPSA) is 90.0 Å². The number of carbonyl (C=O) groups is 4. The highest BCUT2D eigenvalue weighted by atomic mass is 35.5. The van der Waals surface area contributed by atoms with Gasteiger partial charge in [0.25, 0.3) is 5.91 Å². The SMILES string of the molecule is CC1(C)CCC(C(=O)N2C[C@@H]3C[C@H]2CN3Cc2ccc3c(c2)CN(C2CCC(=O)NC2=O)C3=O)=C(c2ccc(Cl)cc2)C1. The summed E-state index contributed by atoms with van der Waals surface area (Å²) in [7, 11) is 0. The molecule has 4 amide bonds. The fraction of sp³-hybridized carbons (Fsp3) is 0.471. The van der Waals surface area contributed by atoms with E-state index in [0.717, 1.165) is 73.2 Å². The molecule has 0 aromatic heterocycles. The third-order valence-corrected chi connectivity index (χ3v) is 10.4. The Balaban J connectivity index is 1.03. The first-order valence-corrected chi connectivity index (χ1v) is 15.7. The van der Waals surface area contributed by atoms with Crippen LogP contribution in [0.4, 0.5) is 0 Å². The quantitative estimate of drug-likeness (QED) is 0.509. The molecule has 2 aromatic rings. The monoisotopic (exact) mass is 600 g/mol. The number of piperidine rings is 1. The van der Waals surface area contributed by atoms with Gasteiger partial charge in [-0.2, -0.15) is 0 Å². The maximum absolute atomic E-state index is 14.0. The summed E-state index contributed by atoms with van der Waals surface area (Å²) in [5, 5.41) is 3.06. The van der Waals surface area contributed by atoms with Crippen molar-refractivity contribution in [1.29, 1.82) is 0 Å². The molecule has 1 unspecified atom stereocenters. The third kappa shape index (κ3) is 5.18. The summed E-state index contributed by atoms with van der Waals surface area (Å²) in [5.74, 6) is -0.631. The highest BCUT2D eigenvalue weighted by molar-refractivity contribution is 6.30. The number of piperazine rings is 1. The van der Waals surface area contributed by atoms with Gasteiger partial charge in [-0.1, -0.05) is 49.7 Å². The van der Waals surface area contributed by atoms with E-state index in [2.05, 4.69) is 35.0 Å². The molecule has 43 heavy (non-hydrogen) atoms. The molecule has 4 aliphatic heterocycles. The third-order valence-electron chi connectivity index (χ3n) is 10.1. The van der Waals surface area contributed by atoms with Crippen molar-refractivity contribution in [3.63, 3.8) is 0 Å². The van der Waals surface area contributed by atoms with Crippen LogP contribution in [0.5, 0.6) is 0 Å². The van der Waals surface area contributed by atoms with Gasteiger partial charge in [0.05, 0.1) is 0 Å². The zero-order chi connectivity index (χ0) is 30.0. The Bertz CT molecular complexity index is 1560. The summed E-state index contributed by atoms with van der Waals surface area (Å²) in [5.41, 5.74) is 6.06. The Morgan fingerprint density at radius 3 is 2.53 bits per heavy atom. The van der Waals surface area contributed by atoms with E-state index in [1.165, 1.54) is 0 Å². The zero-order valence-corrected chi connectivity index (χ0v) is 25.5. The van der Waals surface area contributed by atoms with Crippen molar-refractivity contribution in [2.75, 3.05) is 13.1 Å². The Morgan fingerprint density at radius 2 is 1.81 bits per heavy atom. The van der Waals surface area contributed by atoms with Gasteiger partial charge in [0, 0.05) is 60.8 Å². The molecule has 5 aliphatic rings. The van der Waals surface area contributed by atoms with Crippen molar-refractivity contribution in [1.82, 2.24) is 20.0 Å². The molecule has 3 fully saturated rings. The molecule has 7 rings (SSSR count). The predicted molar refractivity (Wildman–Crippen MR) is 163 cm³/mol. The van der Waals surface area contributed by atoms with Crippen LogP contribution >= 0.6 is 11.6 Å². The molecule has 2 aromatic carbocycles. The van der Waals surface area contributed by atoms with E-state index < -0.39 is 11.9 Å². The molecule has 1 N–H and O–H groups in total. The highest BCUT2D eigenvalue weighted by Gasteiger charge is 2.47. The van der Waals surface area contributed by atoms with Crippen molar-refractivity contribution in [3.8, 4) is 0 Å². The molecular weight excluding hydrogens is 564 g/mol. The summed E-state index contributed by atoms with van der Waals surface area (Å²) in [6, 6.07) is 13.8. The number of halogens is 1. The summed E-state index contributed by atoms with van der Waals surface area (Å²) in [6.45, 7) is 7.27. The van der Waals surface area contributed by atoms with Gasteiger partial charge >= 0.3 is 0 Å². The number of benzene rings is 2. The lowest BCUT2D eigenvalue weighted by Crippen LogP contribution is -2.52. The lowest BCUT2D eigenvalue weighted by atomic mass is 9.72. The molecule has 8 nitrogen and oxygen atoms in total. The van der Waals surface area contributed by atoms with E-state index >= 15 is 0 Å². The van der Waals surface area contributed by atoms with Gasteiger partial charge in [0.2, 0.25) is 17.7 Å². The second-order valence-corrected chi connectivity index (χ2v) is 14.1. The van der Waals surface area contributed by atoms with Crippen molar-refractivity contribution >= 4 is 40.8 Å². The van der Waals surface area contributed by atoms with E-state index in [0.29, 0.717) is 29.6 Å². The van der Waals surface area contributed by atoms with E-state index in [4.69, 9.17) is 11.6 Å². The minimum atomic E-state index is -0.607. The summed E-state index contributed by atoms with van der Waals surface area (Å²) in [6.07, 6.45) is 4.26. The smallest absolute Gasteiger partial charge is 0.255 e. The lowest BCUT2D eigenvalue weighted by molar-refractivity contribution is -0.137. The molecule has 0 spiro atoms. The Morgan fingerprint density at radius 1 is 1.02 bits per heavy atom. The molecular formula is C34H37ClN4O4. The van der Waals surface area contributed by atoms with Crippen LogP contribution in [0.25, 0.3) is 5.57 Å². The lowest BCUT2D eigenvalue weighted by Gasteiger charge is -2.38. The van der Waals surface area contributed by atoms with E-state index in [9.17, 15) is 19.2 Å². The molecule has 2 bridgehead atoms. The van der Waals surface area contributed by atoms with Crippen LogP contribution in [0, 0.1) is 5.41 Å². The van der Waals surface area contributed by atoms with Crippen LogP contribution in [-0.4, -0.2) is 69.5 Å². The zero-order valence-electron chi connectivity index (χ0n) is 24.7. The van der Waals surface area contributed by atoms with E-state index in [-0.39, 0.29) is 35.6 Å².